The van der Waals surface area contributed by atoms with Crippen LogP contribution < -0.4 is 0 Å². The van der Waals surface area contributed by atoms with Crippen LogP contribution in [0.3, 0.4) is 0 Å². The van der Waals surface area contributed by atoms with E-state index in [2.05, 4.69) is 12.5 Å². The molecule has 20 heavy (non-hydrogen) atoms. The van der Waals surface area contributed by atoms with Gasteiger partial charge >= 0.3 is 0 Å². The summed E-state index contributed by atoms with van der Waals surface area (Å²) in [5.41, 5.74) is 0. The van der Waals surface area contributed by atoms with Crippen LogP contribution in [0.4, 0.5) is 0 Å². The maximum Gasteiger partial charge on any atom is 0.264 e. The van der Waals surface area contributed by atoms with Crippen molar-refractivity contribution in [2.75, 3.05) is 32.0 Å². The minimum absolute atomic E-state index is 0.0484. The van der Waals surface area contributed by atoms with Crippen molar-refractivity contribution in [1.82, 2.24) is 0 Å². The molecule has 0 unspecified atom stereocenters. The molecule has 0 bridgehead atoms. The molecule has 0 saturated carbocycles. The summed E-state index contributed by atoms with van der Waals surface area (Å²) < 4.78 is 78.7. The molecule has 0 aliphatic carbocycles. The van der Waals surface area contributed by atoms with Gasteiger partial charge in [-0.2, -0.15) is 25.3 Å². The third-order valence-electron chi connectivity index (χ3n) is 1.79. The molecule has 0 atom stereocenters. The molecule has 9 nitrogen and oxygen atoms in total. The van der Waals surface area contributed by atoms with Gasteiger partial charge in [-0.25, -0.2) is 0 Å². The van der Waals surface area contributed by atoms with Crippen LogP contribution in [0.15, 0.2) is 0 Å². The summed E-state index contributed by atoms with van der Waals surface area (Å²) in [5.74, 6) is 0. The molecular formula is C8H18O9S3. The molecule has 122 valence electrons. The predicted molar refractivity (Wildman–Crippen MR) is 70.5 cm³/mol. The van der Waals surface area contributed by atoms with E-state index in [1.165, 1.54) is 0 Å². The van der Waals surface area contributed by atoms with Gasteiger partial charge < -0.3 is 0 Å². The summed E-state index contributed by atoms with van der Waals surface area (Å²) in [4.78, 5) is 0. The van der Waals surface area contributed by atoms with Gasteiger partial charge in [0.2, 0.25) is 0 Å². The molecular weight excluding hydrogens is 336 g/mol. The summed E-state index contributed by atoms with van der Waals surface area (Å²) in [7, 11) is -11.0. The summed E-state index contributed by atoms with van der Waals surface area (Å²) >= 11 is 0. The minimum atomic E-state index is -3.77. The summed E-state index contributed by atoms with van der Waals surface area (Å²) in [5, 5.41) is 0. The van der Waals surface area contributed by atoms with Crippen LogP contribution >= 0.6 is 0 Å². The Kier molecular flexibility index (Phi) is 7.55. The van der Waals surface area contributed by atoms with Gasteiger partial charge in [-0.15, -0.1) is 0 Å². The topological polar surface area (TPSA) is 130 Å². The van der Waals surface area contributed by atoms with Crippen molar-refractivity contribution in [2.45, 2.75) is 18.9 Å². The Morgan fingerprint density at radius 1 is 0.700 bits per heavy atom. The van der Waals surface area contributed by atoms with E-state index in [0.717, 1.165) is 18.8 Å². The first kappa shape index (κ1) is 19.7. The van der Waals surface area contributed by atoms with Crippen LogP contribution in [0.5, 0.6) is 0 Å². The molecule has 0 amide bonds. The molecule has 0 spiro atoms. The Labute approximate surface area is 119 Å². The quantitative estimate of drug-likeness (QED) is 0.456. The molecule has 0 aromatic rings. The highest BCUT2D eigenvalue weighted by Gasteiger charge is 2.17. The highest BCUT2D eigenvalue weighted by atomic mass is 32.2. The Hall–Kier alpha value is -0.270. The molecule has 0 aliphatic rings. The van der Waals surface area contributed by atoms with Gasteiger partial charge in [-0.05, 0) is 12.8 Å². The van der Waals surface area contributed by atoms with E-state index in [4.69, 9.17) is 0 Å². The van der Waals surface area contributed by atoms with Crippen LogP contribution in [0.1, 0.15) is 12.8 Å². The first-order valence-corrected chi connectivity index (χ1v) is 10.8. The summed E-state index contributed by atoms with van der Waals surface area (Å²) in [6.45, 7) is -0.560. The Morgan fingerprint density at radius 2 is 1.05 bits per heavy atom. The van der Waals surface area contributed by atoms with Gasteiger partial charge in [0.15, 0.2) is 0 Å². The van der Waals surface area contributed by atoms with Gasteiger partial charge in [0.25, 0.3) is 30.4 Å². The third-order valence-corrected chi connectivity index (χ3v) is 3.60. The van der Waals surface area contributed by atoms with Crippen molar-refractivity contribution in [3.05, 3.63) is 0 Å². The highest BCUT2D eigenvalue weighted by Crippen LogP contribution is 2.09. The van der Waals surface area contributed by atoms with Gasteiger partial charge in [0.05, 0.1) is 38.1 Å². The van der Waals surface area contributed by atoms with Crippen LogP contribution in [0, 0.1) is 0 Å². The van der Waals surface area contributed by atoms with Gasteiger partial charge in [0, 0.05) is 0 Å². The van der Waals surface area contributed by atoms with Crippen molar-refractivity contribution in [2.24, 2.45) is 0 Å². The predicted octanol–water partition coefficient (Wildman–Crippen LogP) is -0.936. The van der Waals surface area contributed by atoms with E-state index >= 15 is 0 Å². The second-order valence-corrected chi connectivity index (χ2v) is 8.94. The number of rotatable bonds is 10. The van der Waals surface area contributed by atoms with Gasteiger partial charge in [-0.3, -0.25) is 12.5 Å². The monoisotopic (exact) mass is 354 g/mol. The van der Waals surface area contributed by atoms with Crippen molar-refractivity contribution in [1.29, 1.82) is 0 Å². The molecule has 0 aromatic carbocycles. The molecule has 0 radical (unpaired) electrons. The van der Waals surface area contributed by atoms with E-state index in [1.807, 2.05) is 0 Å². The fourth-order valence-electron chi connectivity index (χ4n) is 1.15. The van der Waals surface area contributed by atoms with E-state index in [9.17, 15) is 25.3 Å². The van der Waals surface area contributed by atoms with Crippen LogP contribution in [-0.2, 0) is 42.9 Å². The molecule has 12 heteroatoms. The fraction of sp³-hybridized carbons (Fsp3) is 1.00. The number of hydrogen-bond donors (Lipinski definition) is 0. The van der Waals surface area contributed by atoms with E-state index in [-0.39, 0.29) is 26.1 Å². The zero-order chi connectivity index (χ0) is 16.0. The normalized spacial score (nSPS) is 13.8. The average Bonchev–Trinajstić information content (AvgIpc) is 2.10. The van der Waals surface area contributed by atoms with E-state index in [1.54, 1.807) is 0 Å². The first-order valence-electron chi connectivity index (χ1n) is 5.35. The highest BCUT2D eigenvalue weighted by molar-refractivity contribution is 7.86. The largest absolute Gasteiger partial charge is 0.270 e. The molecule has 0 saturated heterocycles. The lowest BCUT2D eigenvalue weighted by Crippen LogP contribution is -2.22. The van der Waals surface area contributed by atoms with Crippen molar-refractivity contribution in [3.63, 3.8) is 0 Å². The fourth-order valence-corrected chi connectivity index (χ4v) is 2.63. The third kappa shape index (κ3) is 14.1. The molecule has 0 N–H and O–H groups in total. The zero-order valence-electron chi connectivity index (χ0n) is 11.3. The second kappa shape index (κ2) is 7.66. The smallest absolute Gasteiger partial charge is 0.264 e. The lowest BCUT2D eigenvalue weighted by Gasteiger charge is -2.15. The SMILES string of the molecule is CS(=O)(=O)OCCC(CCOS(C)(=O)=O)OS(C)(=O)=O. The van der Waals surface area contributed by atoms with Gasteiger partial charge in [-0.1, -0.05) is 0 Å². The Bertz CT molecular complexity index is 549. The van der Waals surface area contributed by atoms with Crippen molar-refractivity contribution < 1.29 is 37.8 Å². The maximum atomic E-state index is 11.0. The molecule has 0 aromatic heterocycles. The summed E-state index contributed by atoms with van der Waals surface area (Å²) in [6.07, 6.45) is 1.50. The van der Waals surface area contributed by atoms with Gasteiger partial charge in [0.1, 0.15) is 0 Å². The Morgan fingerprint density at radius 3 is 1.30 bits per heavy atom. The lowest BCUT2D eigenvalue weighted by molar-refractivity contribution is 0.144. The molecule has 0 fully saturated rings. The van der Waals surface area contributed by atoms with Crippen LogP contribution in [-0.4, -0.2) is 63.3 Å². The first-order chi connectivity index (χ1) is 8.79. The van der Waals surface area contributed by atoms with Crippen molar-refractivity contribution >= 4 is 30.4 Å². The minimum Gasteiger partial charge on any atom is -0.270 e. The molecule has 0 aliphatic heterocycles. The average molecular weight is 354 g/mol. The summed E-state index contributed by atoms with van der Waals surface area (Å²) in [6, 6.07) is 0. The van der Waals surface area contributed by atoms with Crippen LogP contribution in [0.2, 0.25) is 0 Å². The lowest BCUT2D eigenvalue weighted by atomic mass is 10.2. The maximum absolute atomic E-state index is 11.0. The zero-order valence-corrected chi connectivity index (χ0v) is 13.8. The molecule has 0 heterocycles. The van der Waals surface area contributed by atoms with Crippen molar-refractivity contribution in [3.8, 4) is 0 Å². The number of hydrogen-bond acceptors (Lipinski definition) is 9. The van der Waals surface area contributed by atoms with Crippen LogP contribution in [0.25, 0.3) is 0 Å². The van der Waals surface area contributed by atoms with E-state index in [0.29, 0.717) is 0 Å². The standard InChI is InChI=1S/C8H18O9S3/c1-18(9,10)15-6-4-8(17-20(3,13)14)5-7-16-19(2,11)12/h8H,4-7H2,1-3H3. The Balaban J connectivity index is 4.42. The second-order valence-electron chi connectivity index (χ2n) is 4.05. The van der Waals surface area contributed by atoms with E-state index < -0.39 is 36.5 Å². The molecule has 0 rings (SSSR count).